The van der Waals surface area contributed by atoms with Crippen LogP contribution in [0.4, 0.5) is 0 Å². The summed E-state index contributed by atoms with van der Waals surface area (Å²) in [4.78, 5) is 21.6. The van der Waals surface area contributed by atoms with Gasteiger partial charge in [0, 0.05) is 38.9 Å². The van der Waals surface area contributed by atoms with Crippen LogP contribution in [0.1, 0.15) is 31.9 Å². The number of carbonyl (C=O) groups excluding carboxylic acids is 1. The van der Waals surface area contributed by atoms with Crippen LogP contribution in [0, 0.1) is 0 Å². The molecule has 2 fully saturated rings. The van der Waals surface area contributed by atoms with Crippen molar-refractivity contribution in [2.75, 3.05) is 32.7 Å². The molecule has 2 saturated heterocycles. The van der Waals surface area contributed by atoms with Gasteiger partial charge in [0.05, 0.1) is 11.2 Å². The second kappa shape index (κ2) is 11.2. The lowest BCUT2D eigenvalue weighted by molar-refractivity contribution is -0.140. The zero-order valence-corrected chi connectivity index (χ0v) is 17.1. The average molecular weight is 412 g/mol. The first kappa shape index (κ1) is 24.4. The molecule has 0 saturated carbocycles. The van der Waals surface area contributed by atoms with Crippen molar-refractivity contribution in [3.8, 4) is 0 Å². The van der Waals surface area contributed by atoms with Gasteiger partial charge in [-0.2, -0.15) is 0 Å². The fourth-order valence-electron chi connectivity index (χ4n) is 3.42. The van der Waals surface area contributed by atoms with Gasteiger partial charge in [-0.3, -0.25) is 14.7 Å². The molecule has 1 N–H and O–H groups in total. The van der Waals surface area contributed by atoms with E-state index < -0.39 is 0 Å². The van der Waals surface area contributed by atoms with E-state index in [0.717, 1.165) is 57.8 Å². The van der Waals surface area contributed by atoms with Gasteiger partial charge in [-0.25, -0.2) is 0 Å². The Hall–Kier alpha value is -0.590. The maximum Gasteiger partial charge on any atom is 0.242 e. The third kappa shape index (κ3) is 6.26. The normalized spacial score (nSPS) is 23.6. The first-order chi connectivity index (χ1) is 10.7. The van der Waals surface area contributed by atoms with Crippen molar-refractivity contribution < 1.29 is 4.79 Å². The van der Waals surface area contributed by atoms with E-state index in [1.165, 1.54) is 6.42 Å². The molecule has 0 radical (unpaired) electrons. The summed E-state index contributed by atoms with van der Waals surface area (Å²) in [6.45, 7) is 7.40. The molecule has 3 heterocycles. The van der Waals surface area contributed by atoms with Gasteiger partial charge in [-0.1, -0.05) is 6.07 Å². The number of nitrogens with zero attached hydrogens (tertiary/aromatic N) is 3. The summed E-state index contributed by atoms with van der Waals surface area (Å²) in [6, 6.07) is 6.03. The molecule has 2 aliphatic rings. The lowest BCUT2D eigenvalue weighted by Gasteiger charge is -2.41. The van der Waals surface area contributed by atoms with Crippen LogP contribution in [-0.4, -0.2) is 59.0 Å². The van der Waals surface area contributed by atoms with E-state index in [2.05, 4.69) is 28.2 Å². The van der Waals surface area contributed by atoms with Gasteiger partial charge in [0.25, 0.3) is 0 Å². The molecule has 1 atom stereocenters. The molecule has 0 spiro atoms. The van der Waals surface area contributed by atoms with E-state index in [-0.39, 0.29) is 48.7 Å². The first-order valence-electron chi connectivity index (χ1n) is 8.34. The van der Waals surface area contributed by atoms with Crippen LogP contribution < -0.4 is 5.32 Å². The zero-order valence-electron chi connectivity index (χ0n) is 14.6. The Balaban J connectivity index is 0.00000192. The van der Waals surface area contributed by atoms with E-state index in [9.17, 15) is 4.79 Å². The largest absolute Gasteiger partial charge is 0.339 e. The molecule has 0 aliphatic carbocycles. The smallest absolute Gasteiger partial charge is 0.242 e. The zero-order chi connectivity index (χ0) is 15.4. The summed E-state index contributed by atoms with van der Waals surface area (Å²) < 4.78 is 0. The molecule has 1 aromatic rings. The number of piperidine rings is 1. The maximum absolute atomic E-state index is 12.8. The monoisotopic (exact) mass is 410 g/mol. The van der Waals surface area contributed by atoms with Crippen molar-refractivity contribution in [2.24, 2.45) is 0 Å². The number of halogens is 3. The summed E-state index contributed by atoms with van der Waals surface area (Å²) in [6.07, 6.45) is 5.13. The topological polar surface area (TPSA) is 48.5 Å². The van der Waals surface area contributed by atoms with Gasteiger partial charge in [0.15, 0.2) is 0 Å². The van der Waals surface area contributed by atoms with Crippen molar-refractivity contribution in [3.63, 3.8) is 0 Å². The van der Waals surface area contributed by atoms with Crippen LogP contribution in [0.25, 0.3) is 0 Å². The number of nitrogens with one attached hydrogen (secondary N) is 1. The minimum absolute atomic E-state index is 0. The van der Waals surface area contributed by atoms with E-state index in [0.29, 0.717) is 0 Å². The Kier molecular flexibility index (Phi) is 10.9. The van der Waals surface area contributed by atoms with Crippen LogP contribution in [0.5, 0.6) is 0 Å². The Morgan fingerprint density at radius 2 is 1.88 bits per heavy atom. The lowest BCUT2D eigenvalue weighted by atomic mass is 9.89. The lowest BCUT2D eigenvalue weighted by Crippen LogP contribution is -2.61. The summed E-state index contributed by atoms with van der Waals surface area (Å²) in [5.41, 5.74) is 0.754. The number of aromatic nitrogens is 1. The van der Waals surface area contributed by atoms with E-state index >= 15 is 0 Å². The molecule has 2 aliphatic heterocycles. The number of hydrogen-bond donors (Lipinski definition) is 1. The standard InChI is InChI=1S/C17H26N4O.3ClH/c1-17(7-3-5-9-19-17)16(22)21-12-10-20(11-13-21)14-15-6-2-4-8-18-15;;;/h2,4,6,8,19H,3,5,7,9-14H2,1H3;3*1H. The Bertz CT molecular complexity index is 504. The first-order valence-corrected chi connectivity index (χ1v) is 8.34. The second-order valence-electron chi connectivity index (χ2n) is 6.61. The molecule has 25 heavy (non-hydrogen) atoms. The van der Waals surface area contributed by atoms with Crippen LogP contribution in [0.15, 0.2) is 24.4 Å². The van der Waals surface area contributed by atoms with Gasteiger partial charge >= 0.3 is 0 Å². The molecule has 8 heteroatoms. The van der Waals surface area contributed by atoms with Crippen molar-refractivity contribution in [3.05, 3.63) is 30.1 Å². The quantitative estimate of drug-likeness (QED) is 0.830. The number of hydrogen-bond acceptors (Lipinski definition) is 4. The predicted molar refractivity (Wildman–Crippen MR) is 108 cm³/mol. The Labute approximate surface area is 169 Å². The third-order valence-electron chi connectivity index (χ3n) is 4.86. The van der Waals surface area contributed by atoms with Crippen LogP contribution >= 0.6 is 37.2 Å². The van der Waals surface area contributed by atoms with Gasteiger partial charge in [-0.05, 0) is 44.9 Å². The molecule has 1 aromatic heterocycles. The van der Waals surface area contributed by atoms with Crippen LogP contribution in [-0.2, 0) is 11.3 Å². The number of carbonyl (C=O) groups is 1. The van der Waals surface area contributed by atoms with Gasteiger partial charge in [0.1, 0.15) is 0 Å². The van der Waals surface area contributed by atoms with Crippen molar-refractivity contribution >= 4 is 43.1 Å². The molecule has 1 amide bonds. The average Bonchev–Trinajstić information content (AvgIpc) is 2.56. The summed E-state index contributed by atoms with van der Waals surface area (Å²) in [5, 5.41) is 3.43. The van der Waals surface area contributed by atoms with E-state index in [1.54, 1.807) is 0 Å². The van der Waals surface area contributed by atoms with Crippen molar-refractivity contribution in [1.82, 2.24) is 20.1 Å². The highest BCUT2D eigenvalue weighted by Gasteiger charge is 2.38. The van der Waals surface area contributed by atoms with Gasteiger partial charge < -0.3 is 10.2 Å². The molecule has 0 aromatic carbocycles. The SMILES string of the molecule is CC1(C(=O)N2CCN(Cc3ccccn3)CC2)CCCCN1.Cl.Cl.Cl. The Morgan fingerprint density at radius 1 is 1.16 bits per heavy atom. The minimum Gasteiger partial charge on any atom is -0.339 e. The van der Waals surface area contributed by atoms with E-state index in [4.69, 9.17) is 0 Å². The predicted octanol–water partition coefficient (Wildman–Crippen LogP) is 2.52. The Morgan fingerprint density at radius 3 is 2.44 bits per heavy atom. The molecule has 3 rings (SSSR count). The fourth-order valence-corrected chi connectivity index (χ4v) is 3.42. The van der Waals surface area contributed by atoms with Gasteiger partial charge in [-0.15, -0.1) is 37.2 Å². The van der Waals surface area contributed by atoms with Crippen LogP contribution in [0.3, 0.4) is 0 Å². The van der Waals surface area contributed by atoms with Crippen molar-refractivity contribution in [2.45, 2.75) is 38.3 Å². The second-order valence-corrected chi connectivity index (χ2v) is 6.61. The molecule has 1 unspecified atom stereocenters. The molecular formula is C17H29Cl3N4O. The number of rotatable bonds is 3. The third-order valence-corrected chi connectivity index (χ3v) is 4.86. The highest BCUT2D eigenvalue weighted by molar-refractivity contribution is 5.86. The summed E-state index contributed by atoms with van der Waals surface area (Å²) in [7, 11) is 0. The highest BCUT2D eigenvalue weighted by Crippen LogP contribution is 2.22. The number of piperazine rings is 1. The molecular weight excluding hydrogens is 383 g/mol. The molecule has 0 bridgehead atoms. The van der Waals surface area contributed by atoms with Gasteiger partial charge in [0.2, 0.25) is 5.91 Å². The summed E-state index contributed by atoms with van der Waals surface area (Å²) in [5.74, 6) is 0.282. The number of pyridine rings is 1. The number of amides is 1. The minimum atomic E-state index is -0.346. The molecule has 144 valence electrons. The fraction of sp³-hybridized carbons (Fsp3) is 0.647. The van der Waals surface area contributed by atoms with E-state index in [1.807, 2.05) is 23.2 Å². The van der Waals surface area contributed by atoms with Crippen LogP contribution in [0.2, 0.25) is 0 Å². The summed E-state index contributed by atoms with van der Waals surface area (Å²) >= 11 is 0. The molecule has 5 nitrogen and oxygen atoms in total. The highest BCUT2D eigenvalue weighted by atomic mass is 35.5. The van der Waals surface area contributed by atoms with Crippen molar-refractivity contribution in [1.29, 1.82) is 0 Å². The maximum atomic E-state index is 12.8.